The van der Waals surface area contributed by atoms with Crippen LogP contribution in [0.15, 0.2) is 24.3 Å². The van der Waals surface area contributed by atoms with Crippen LogP contribution in [0.5, 0.6) is 5.75 Å². The summed E-state index contributed by atoms with van der Waals surface area (Å²) in [6.45, 7) is 6.42. The number of amides is 1. The Morgan fingerprint density at radius 2 is 2.00 bits per heavy atom. The van der Waals surface area contributed by atoms with E-state index >= 15 is 0 Å². The number of benzene rings is 1. The highest BCUT2D eigenvalue weighted by Gasteiger charge is 2.16. The number of hydrogen-bond acceptors (Lipinski definition) is 3. The summed E-state index contributed by atoms with van der Waals surface area (Å²) in [7, 11) is 0. The number of rotatable bonds is 6. The lowest BCUT2D eigenvalue weighted by molar-refractivity contribution is -0.117. The molecule has 1 atom stereocenters. The number of nitrogens with one attached hydrogen (secondary N) is 1. The van der Waals surface area contributed by atoms with E-state index in [0.717, 1.165) is 5.75 Å². The summed E-state index contributed by atoms with van der Waals surface area (Å²) in [5, 5.41) is 11.7. The third-order valence-electron chi connectivity index (χ3n) is 2.82. The molecule has 0 heterocycles. The van der Waals surface area contributed by atoms with Crippen molar-refractivity contribution in [3.63, 3.8) is 0 Å². The van der Waals surface area contributed by atoms with Crippen LogP contribution < -0.4 is 10.1 Å². The average Bonchev–Trinajstić information content (AvgIpc) is 2.38. The molecule has 19 heavy (non-hydrogen) atoms. The largest absolute Gasteiger partial charge is 0.494 e. The van der Waals surface area contributed by atoms with Crippen molar-refractivity contribution in [2.24, 2.45) is 11.8 Å². The van der Waals surface area contributed by atoms with Crippen LogP contribution in [0.4, 0.5) is 5.69 Å². The van der Waals surface area contributed by atoms with Crippen LogP contribution in [0.1, 0.15) is 27.2 Å². The van der Waals surface area contributed by atoms with E-state index in [4.69, 9.17) is 10.00 Å². The first-order chi connectivity index (χ1) is 9.06. The summed E-state index contributed by atoms with van der Waals surface area (Å²) in [4.78, 5) is 11.8. The monoisotopic (exact) mass is 260 g/mol. The lowest BCUT2D eigenvalue weighted by atomic mass is 9.94. The molecule has 1 N–H and O–H groups in total. The summed E-state index contributed by atoms with van der Waals surface area (Å²) in [5.41, 5.74) is 0.717. The Balaban J connectivity index is 2.55. The van der Waals surface area contributed by atoms with Gasteiger partial charge in [0, 0.05) is 12.1 Å². The fourth-order valence-corrected chi connectivity index (χ4v) is 1.64. The normalized spacial score (nSPS) is 11.7. The minimum atomic E-state index is -0.248. The van der Waals surface area contributed by atoms with Crippen molar-refractivity contribution in [3.05, 3.63) is 24.3 Å². The molecule has 102 valence electrons. The van der Waals surface area contributed by atoms with E-state index in [9.17, 15) is 4.79 Å². The molecule has 1 aromatic rings. The smallest absolute Gasteiger partial charge is 0.225 e. The number of anilines is 1. The topological polar surface area (TPSA) is 62.1 Å². The van der Waals surface area contributed by atoms with Crippen LogP contribution in [0.3, 0.4) is 0 Å². The van der Waals surface area contributed by atoms with Crippen molar-refractivity contribution < 1.29 is 9.53 Å². The highest BCUT2D eigenvalue weighted by molar-refractivity contribution is 5.91. The van der Waals surface area contributed by atoms with Crippen LogP contribution in [0, 0.1) is 23.2 Å². The van der Waals surface area contributed by atoms with Crippen LogP contribution in [-0.2, 0) is 4.79 Å². The zero-order valence-corrected chi connectivity index (χ0v) is 11.6. The maximum Gasteiger partial charge on any atom is 0.225 e. The van der Waals surface area contributed by atoms with Gasteiger partial charge >= 0.3 is 0 Å². The Labute approximate surface area is 114 Å². The van der Waals surface area contributed by atoms with Gasteiger partial charge in [0.2, 0.25) is 5.91 Å². The lowest BCUT2D eigenvalue weighted by Gasteiger charge is -2.12. The Kier molecular flexibility index (Phi) is 5.87. The molecule has 0 fully saturated rings. The maximum absolute atomic E-state index is 11.8. The first-order valence-corrected chi connectivity index (χ1v) is 6.49. The van der Waals surface area contributed by atoms with Crippen molar-refractivity contribution in [1.82, 2.24) is 0 Å². The summed E-state index contributed by atoms with van der Waals surface area (Å²) >= 11 is 0. The van der Waals surface area contributed by atoms with Crippen molar-refractivity contribution in [2.75, 3.05) is 11.9 Å². The number of nitrogens with zero attached hydrogens (tertiary/aromatic N) is 1. The molecule has 1 aromatic carbocycles. The fraction of sp³-hybridized carbons (Fsp3) is 0.467. The molecule has 0 saturated carbocycles. The van der Waals surface area contributed by atoms with Gasteiger partial charge < -0.3 is 10.1 Å². The molecule has 1 amide bonds. The maximum atomic E-state index is 11.8. The molecule has 0 saturated heterocycles. The summed E-state index contributed by atoms with van der Waals surface area (Å²) < 4.78 is 5.32. The van der Waals surface area contributed by atoms with Crippen molar-refractivity contribution in [3.8, 4) is 11.8 Å². The SMILES string of the molecule is CCOc1ccc(NC(=O)CC(C#N)C(C)C)cc1. The molecule has 0 bridgehead atoms. The quantitative estimate of drug-likeness (QED) is 0.854. The highest BCUT2D eigenvalue weighted by atomic mass is 16.5. The zero-order chi connectivity index (χ0) is 14.3. The van der Waals surface area contributed by atoms with E-state index < -0.39 is 0 Å². The molecule has 0 aliphatic rings. The van der Waals surface area contributed by atoms with Crippen LogP contribution in [0.25, 0.3) is 0 Å². The van der Waals surface area contributed by atoms with Crippen molar-refractivity contribution in [1.29, 1.82) is 5.26 Å². The minimum Gasteiger partial charge on any atom is -0.494 e. The molecule has 4 nitrogen and oxygen atoms in total. The summed E-state index contributed by atoms with van der Waals surface area (Å²) in [6, 6.07) is 9.36. The van der Waals surface area contributed by atoms with Crippen LogP contribution in [0.2, 0.25) is 0 Å². The van der Waals surface area contributed by atoms with Gasteiger partial charge in [-0.1, -0.05) is 13.8 Å². The van der Waals surface area contributed by atoms with E-state index in [1.165, 1.54) is 0 Å². The Morgan fingerprint density at radius 1 is 1.37 bits per heavy atom. The third kappa shape index (κ3) is 5.01. The summed E-state index contributed by atoms with van der Waals surface area (Å²) in [5.74, 6) is 0.570. The van der Waals surface area contributed by atoms with Gasteiger partial charge in [-0.2, -0.15) is 5.26 Å². The Hall–Kier alpha value is -2.02. The van der Waals surface area contributed by atoms with E-state index in [1.54, 1.807) is 12.1 Å². The minimum absolute atomic E-state index is 0.135. The molecule has 0 spiro atoms. The van der Waals surface area contributed by atoms with E-state index in [2.05, 4.69) is 11.4 Å². The third-order valence-corrected chi connectivity index (χ3v) is 2.82. The van der Waals surface area contributed by atoms with E-state index in [1.807, 2.05) is 32.9 Å². The molecule has 0 aliphatic heterocycles. The second kappa shape index (κ2) is 7.42. The molecule has 0 aliphatic carbocycles. The molecule has 1 rings (SSSR count). The molecular formula is C15H20N2O2. The first kappa shape index (κ1) is 15.0. The molecule has 0 aromatic heterocycles. The predicted octanol–water partition coefficient (Wildman–Crippen LogP) is 3.21. The van der Waals surface area contributed by atoms with Gasteiger partial charge in [0.25, 0.3) is 0 Å². The first-order valence-electron chi connectivity index (χ1n) is 6.49. The fourth-order valence-electron chi connectivity index (χ4n) is 1.64. The van der Waals surface area contributed by atoms with Gasteiger partial charge in [0.1, 0.15) is 5.75 Å². The standard InChI is InChI=1S/C15H20N2O2/c1-4-19-14-7-5-13(6-8-14)17-15(18)9-12(10-16)11(2)3/h5-8,11-12H,4,9H2,1-3H3,(H,17,18). The predicted molar refractivity (Wildman–Crippen MR) is 74.8 cm³/mol. The van der Waals surface area contributed by atoms with Crippen LogP contribution in [-0.4, -0.2) is 12.5 Å². The lowest BCUT2D eigenvalue weighted by Crippen LogP contribution is -2.18. The van der Waals surface area contributed by atoms with Crippen LogP contribution >= 0.6 is 0 Å². The second-order valence-corrected chi connectivity index (χ2v) is 4.69. The zero-order valence-electron chi connectivity index (χ0n) is 11.6. The Bertz CT molecular complexity index is 446. The van der Waals surface area contributed by atoms with Gasteiger partial charge in [-0.05, 0) is 37.1 Å². The number of nitriles is 1. The van der Waals surface area contributed by atoms with Gasteiger partial charge in [-0.25, -0.2) is 0 Å². The number of carbonyl (C=O) groups is 1. The molecule has 4 heteroatoms. The van der Waals surface area contributed by atoms with Gasteiger partial charge in [-0.15, -0.1) is 0 Å². The number of ether oxygens (including phenoxy) is 1. The molecular weight excluding hydrogens is 240 g/mol. The number of carbonyl (C=O) groups excluding carboxylic acids is 1. The number of hydrogen-bond donors (Lipinski definition) is 1. The molecule has 0 radical (unpaired) electrons. The van der Waals surface area contributed by atoms with Crippen molar-refractivity contribution >= 4 is 11.6 Å². The van der Waals surface area contributed by atoms with E-state index in [0.29, 0.717) is 12.3 Å². The van der Waals surface area contributed by atoms with Crippen molar-refractivity contribution in [2.45, 2.75) is 27.2 Å². The van der Waals surface area contributed by atoms with Gasteiger partial charge in [0.15, 0.2) is 0 Å². The average molecular weight is 260 g/mol. The second-order valence-electron chi connectivity index (χ2n) is 4.69. The van der Waals surface area contributed by atoms with E-state index in [-0.39, 0.29) is 24.2 Å². The van der Waals surface area contributed by atoms with Gasteiger partial charge in [0.05, 0.1) is 18.6 Å². The summed E-state index contributed by atoms with van der Waals surface area (Å²) in [6.07, 6.45) is 0.224. The highest BCUT2D eigenvalue weighted by Crippen LogP contribution is 2.18. The van der Waals surface area contributed by atoms with Gasteiger partial charge in [-0.3, -0.25) is 4.79 Å². The Morgan fingerprint density at radius 3 is 2.47 bits per heavy atom. The molecule has 1 unspecified atom stereocenters.